The lowest BCUT2D eigenvalue weighted by Crippen LogP contribution is -2.43. The number of hydrogen-bond donors (Lipinski definition) is 1. The van der Waals surface area contributed by atoms with Gasteiger partial charge in [0.1, 0.15) is 5.82 Å². The largest absolute Gasteiger partial charge is 0.337 e. The highest BCUT2D eigenvalue weighted by molar-refractivity contribution is 4.93. The highest BCUT2D eigenvalue weighted by Gasteiger charge is 2.34. The van der Waals surface area contributed by atoms with Gasteiger partial charge in [0.05, 0.1) is 6.54 Å². The molecule has 0 unspecified atom stereocenters. The van der Waals surface area contributed by atoms with E-state index in [1.807, 2.05) is 12.4 Å². The maximum Gasteiger partial charge on any atom is 0.122 e. The summed E-state index contributed by atoms with van der Waals surface area (Å²) in [5.41, 5.74) is 0.462. The van der Waals surface area contributed by atoms with Gasteiger partial charge in [-0.1, -0.05) is 26.7 Å². The molecule has 1 fully saturated rings. The van der Waals surface area contributed by atoms with Crippen LogP contribution in [0.5, 0.6) is 0 Å². The fraction of sp³-hybridized carbons (Fsp3) is 0.812. The molecule has 1 aromatic rings. The van der Waals surface area contributed by atoms with E-state index in [1.54, 1.807) is 0 Å². The number of nitrogens with one attached hydrogen (secondary N) is 1. The lowest BCUT2D eigenvalue weighted by atomic mass is 9.85. The highest BCUT2D eigenvalue weighted by Crippen LogP contribution is 2.38. The van der Waals surface area contributed by atoms with Crippen LogP contribution in [-0.4, -0.2) is 40.6 Å². The Morgan fingerprint density at radius 1 is 1.40 bits per heavy atom. The molecule has 1 aromatic heterocycles. The summed E-state index contributed by atoms with van der Waals surface area (Å²) < 4.78 is 2.12. The number of nitrogens with zero attached hydrogens (tertiary/aromatic N) is 3. The van der Waals surface area contributed by atoms with Gasteiger partial charge >= 0.3 is 0 Å². The Morgan fingerprint density at radius 3 is 2.65 bits per heavy atom. The third-order valence-corrected chi connectivity index (χ3v) is 4.49. The summed E-state index contributed by atoms with van der Waals surface area (Å²) in [6.45, 7) is 7.72. The first kappa shape index (κ1) is 15.5. The smallest absolute Gasteiger partial charge is 0.122 e. The first-order valence-corrected chi connectivity index (χ1v) is 7.89. The molecular formula is C16H30N4. The van der Waals surface area contributed by atoms with Crippen molar-refractivity contribution in [2.24, 2.45) is 12.5 Å². The number of hydrogen-bond acceptors (Lipinski definition) is 3. The van der Waals surface area contributed by atoms with Crippen molar-refractivity contribution in [1.82, 2.24) is 19.8 Å². The van der Waals surface area contributed by atoms with Crippen LogP contribution in [-0.2, 0) is 13.6 Å². The van der Waals surface area contributed by atoms with Gasteiger partial charge < -0.3 is 9.88 Å². The SMILES string of the molecule is CC(C)NCC1(CN(C)Cc2nccn2C)CCCC1. The molecule has 20 heavy (non-hydrogen) atoms. The Bertz CT molecular complexity index is 404. The van der Waals surface area contributed by atoms with E-state index in [9.17, 15) is 0 Å². The molecule has 0 aliphatic heterocycles. The molecule has 0 atom stereocenters. The second kappa shape index (κ2) is 6.72. The maximum atomic E-state index is 4.43. The van der Waals surface area contributed by atoms with Crippen molar-refractivity contribution in [1.29, 1.82) is 0 Å². The van der Waals surface area contributed by atoms with Crippen LogP contribution in [0, 0.1) is 5.41 Å². The van der Waals surface area contributed by atoms with Crippen molar-refractivity contribution >= 4 is 0 Å². The number of rotatable bonds is 7. The number of aromatic nitrogens is 2. The van der Waals surface area contributed by atoms with E-state index in [-0.39, 0.29) is 0 Å². The average Bonchev–Trinajstić information content (AvgIpc) is 2.98. The third kappa shape index (κ3) is 4.06. The normalized spacial score (nSPS) is 18.3. The molecule has 0 radical (unpaired) electrons. The zero-order valence-electron chi connectivity index (χ0n) is 13.5. The van der Waals surface area contributed by atoms with Gasteiger partial charge in [-0.15, -0.1) is 0 Å². The van der Waals surface area contributed by atoms with Crippen LogP contribution < -0.4 is 5.32 Å². The Labute approximate surface area is 123 Å². The van der Waals surface area contributed by atoms with E-state index in [2.05, 4.69) is 47.7 Å². The van der Waals surface area contributed by atoms with Crippen molar-refractivity contribution in [3.63, 3.8) is 0 Å². The molecule has 1 N–H and O–H groups in total. The standard InChI is InChI=1S/C16H30N4/c1-14(2)18-12-16(7-5-6-8-16)13-19(3)11-15-17-9-10-20(15)4/h9-10,14,18H,5-8,11-13H2,1-4H3. The highest BCUT2D eigenvalue weighted by atomic mass is 15.2. The first-order chi connectivity index (χ1) is 9.51. The van der Waals surface area contributed by atoms with Gasteiger partial charge in [-0.05, 0) is 25.3 Å². The quantitative estimate of drug-likeness (QED) is 0.831. The fourth-order valence-electron chi connectivity index (χ4n) is 3.36. The maximum absolute atomic E-state index is 4.43. The molecule has 1 aliphatic rings. The van der Waals surface area contributed by atoms with E-state index in [1.165, 1.54) is 32.2 Å². The summed E-state index contributed by atoms with van der Waals surface area (Å²) in [5.74, 6) is 1.15. The van der Waals surface area contributed by atoms with Gasteiger partial charge in [0.25, 0.3) is 0 Å². The lowest BCUT2D eigenvalue weighted by molar-refractivity contribution is 0.161. The molecule has 0 amide bonds. The van der Waals surface area contributed by atoms with Gasteiger partial charge in [0.2, 0.25) is 0 Å². The molecule has 1 heterocycles. The minimum Gasteiger partial charge on any atom is -0.337 e. The van der Waals surface area contributed by atoms with Crippen LogP contribution >= 0.6 is 0 Å². The topological polar surface area (TPSA) is 33.1 Å². The van der Waals surface area contributed by atoms with Crippen LogP contribution in [0.3, 0.4) is 0 Å². The predicted octanol–water partition coefficient (Wildman–Crippen LogP) is 2.41. The molecule has 1 saturated carbocycles. The Hall–Kier alpha value is -0.870. The predicted molar refractivity (Wildman–Crippen MR) is 83.6 cm³/mol. The Morgan fingerprint density at radius 2 is 2.10 bits per heavy atom. The first-order valence-electron chi connectivity index (χ1n) is 7.89. The van der Waals surface area contributed by atoms with Gasteiger partial charge in [-0.2, -0.15) is 0 Å². The second-order valence-corrected chi connectivity index (χ2v) is 6.87. The molecule has 4 nitrogen and oxygen atoms in total. The van der Waals surface area contributed by atoms with E-state index in [0.717, 1.165) is 18.9 Å². The lowest BCUT2D eigenvalue weighted by Gasteiger charge is -2.34. The summed E-state index contributed by atoms with van der Waals surface area (Å²) in [7, 11) is 4.30. The van der Waals surface area contributed by atoms with Crippen LogP contribution in [0.2, 0.25) is 0 Å². The zero-order chi connectivity index (χ0) is 14.6. The van der Waals surface area contributed by atoms with Crippen LogP contribution in [0.1, 0.15) is 45.4 Å². The van der Waals surface area contributed by atoms with Crippen molar-refractivity contribution in [3.8, 4) is 0 Å². The van der Waals surface area contributed by atoms with Crippen molar-refractivity contribution in [2.75, 3.05) is 20.1 Å². The minimum atomic E-state index is 0.462. The summed E-state index contributed by atoms with van der Waals surface area (Å²) in [6.07, 6.45) is 9.39. The summed E-state index contributed by atoms with van der Waals surface area (Å²) in [6, 6.07) is 0.576. The van der Waals surface area contributed by atoms with E-state index < -0.39 is 0 Å². The van der Waals surface area contributed by atoms with Crippen molar-refractivity contribution in [3.05, 3.63) is 18.2 Å². The van der Waals surface area contributed by atoms with Crippen molar-refractivity contribution < 1.29 is 0 Å². The monoisotopic (exact) mass is 278 g/mol. The molecule has 0 bridgehead atoms. The summed E-state index contributed by atoms with van der Waals surface area (Å²) in [5, 5.41) is 3.66. The molecule has 2 rings (SSSR count). The molecule has 1 aliphatic carbocycles. The van der Waals surface area contributed by atoms with E-state index in [0.29, 0.717) is 11.5 Å². The molecule has 4 heteroatoms. The molecule has 114 valence electrons. The van der Waals surface area contributed by atoms with Gasteiger partial charge in [0, 0.05) is 38.6 Å². The van der Waals surface area contributed by atoms with Gasteiger partial charge in [-0.25, -0.2) is 4.98 Å². The van der Waals surface area contributed by atoms with Gasteiger partial charge in [-0.3, -0.25) is 4.90 Å². The Kier molecular flexibility index (Phi) is 5.22. The molecule has 0 aromatic carbocycles. The van der Waals surface area contributed by atoms with Gasteiger partial charge in [0.15, 0.2) is 0 Å². The molecule has 0 saturated heterocycles. The van der Waals surface area contributed by atoms with Crippen LogP contribution in [0.25, 0.3) is 0 Å². The van der Waals surface area contributed by atoms with Crippen LogP contribution in [0.4, 0.5) is 0 Å². The zero-order valence-corrected chi connectivity index (χ0v) is 13.5. The summed E-state index contributed by atoms with van der Waals surface area (Å²) in [4.78, 5) is 6.87. The number of aryl methyl sites for hydroxylation is 1. The second-order valence-electron chi connectivity index (χ2n) is 6.87. The number of imidazole rings is 1. The third-order valence-electron chi connectivity index (χ3n) is 4.49. The fourth-order valence-corrected chi connectivity index (χ4v) is 3.36. The molecule has 0 spiro atoms. The Balaban J connectivity index is 1.92. The van der Waals surface area contributed by atoms with E-state index >= 15 is 0 Å². The molecular weight excluding hydrogens is 248 g/mol. The van der Waals surface area contributed by atoms with Crippen molar-refractivity contribution in [2.45, 2.75) is 52.1 Å². The minimum absolute atomic E-state index is 0.462. The summed E-state index contributed by atoms with van der Waals surface area (Å²) >= 11 is 0. The average molecular weight is 278 g/mol. The van der Waals surface area contributed by atoms with Crippen LogP contribution in [0.15, 0.2) is 12.4 Å². The van der Waals surface area contributed by atoms with E-state index in [4.69, 9.17) is 0 Å².